The van der Waals surface area contributed by atoms with Gasteiger partial charge in [-0.05, 0) is 43.6 Å². The molecule has 6 atom stereocenters. The molecule has 126 valence electrons. The fourth-order valence-electron chi connectivity index (χ4n) is 5.51. The summed E-state index contributed by atoms with van der Waals surface area (Å²) < 4.78 is 5.62. The number of rotatable bonds is 2. The first-order valence-electron chi connectivity index (χ1n) is 9.29. The minimum atomic E-state index is 0.0558. The van der Waals surface area contributed by atoms with Crippen LogP contribution in [-0.4, -0.2) is 42.9 Å². The number of hydrogen-bond donors (Lipinski definition) is 0. The number of allylic oxidation sites excluding steroid dienone is 1. The molecule has 0 radical (unpaired) electrons. The molecule has 4 aliphatic rings. The predicted molar refractivity (Wildman–Crippen MR) is 90.2 cm³/mol. The van der Waals surface area contributed by atoms with Gasteiger partial charge in [-0.15, -0.1) is 0 Å². The first-order chi connectivity index (χ1) is 11.1. The van der Waals surface area contributed by atoms with Crippen molar-refractivity contribution in [3.8, 4) is 0 Å². The van der Waals surface area contributed by atoms with Gasteiger partial charge in [-0.3, -0.25) is 9.79 Å². The number of ether oxygens (including phenoxy) is 1. The maximum absolute atomic E-state index is 12.3. The molecule has 0 amide bonds. The van der Waals surface area contributed by atoms with Gasteiger partial charge < -0.3 is 9.64 Å². The standard InChI is InChI=1S/C19H28N2O2/c1-12-18-15(7-8-17-20-9-10-21(17)2)14-6-4-3-5-13(14)11-16(18)19(22)23-12/h7-8,12-16,18H,3-6,9-11H2,1-2H3/b8-7+/t12-,13?,14?,15+,16?,18?/m0/s1. The molecule has 23 heavy (non-hydrogen) atoms. The summed E-state index contributed by atoms with van der Waals surface area (Å²) in [5.74, 6) is 3.55. The lowest BCUT2D eigenvalue weighted by Crippen LogP contribution is -2.42. The van der Waals surface area contributed by atoms with Gasteiger partial charge in [-0.2, -0.15) is 0 Å². The first kappa shape index (κ1) is 15.2. The molecule has 0 N–H and O–H groups in total. The van der Waals surface area contributed by atoms with Crippen LogP contribution in [0.5, 0.6) is 0 Å². The maximum Gasteiger partial charge on any atom is 0.309 e. The highest BCUT2D eigenvalue weighted by Gasteiger charge is 2.53. The van der Waals surface area contributed by atoms with Gasteiger partial charge in [0.25, 0.3) is 0 Å². The Hall–Kier alpha value is -1.32. The van der Waals surface area contributed by atoms with Gasteiger partial charge in [0.1, 0.15) is 11.9 Å². The third-order valence-corrected chi connectivity index (χ3v) is 6.64. The van der Waals surface area contributed by atoms with Crippen molar-refractivity contribution in [3.05, 3.63) is 12.2 Å². The zero-order valence-electron chi connectivity index (χ0n) is 14.3. The molecular formula is C19H28N2O2. The van der Waals surface area contributed by atoms with Crippen LogP contribution in [0.3, 0.4) is 0 Å². The molecule has 4 unspecified atom stereocenters. The summed E-state index contributed by atoms with van der Waals surface area (Å²) in [5, 5.41) is 0. The van der Waals surface area contributed by atoms with Crippen molar-refractivity contribution < 1.29 is 9.53 Å². The first-order valence-corrected chi connectivity index (χ1v) is 9.29. The van der Waals surface area contributed by atoms with Crippen LogP contribution in [-0.2, 0) is 9.53 Å². The largest absolute Gasteiger partial charge is 0.462 e. The van der Waals surface area contributed by atoms with Gasteiger partial charge in [-0.1, -0.05) is 25.3 Å². The predicted octanol–water partition coefficient (Wildman–Crippen LogP) is 2.89. The summed E-state index contributed by atoms with van der Waals surface area (Å²) >= 11 is 0. The highest BCUT2D eigenvalue weighted by molar-refractivity contribution is 5.93. The molecule has 0 bridgehead atoms. The van der Waals surface area contributed by atoms with Gasteiger partial charge in [-0.25, -0.2) is 0 Å². The minimum Gasteiger partial charge on any atom is -0.462 e. The normalized spacial score (nSPS) is 43.3. The van der Waals surface area contributed by atoms with Crippen LogP contribution in [0.25, 0.3) is 0 Å². The van der Waals surface area contributed by atoms with Gasteiger partial charge in [0.05, 0.1) is 12.5 Å². The fourth-order valence-corrected chi connectivity index (χ4v) is 5.51. The van der Waals surface area contributed by atoms with E-state index in [4.69, 9.17) is 4.74 Å². The average molecular weight is 316 g/mol. The average Bonchev–Trinajstić information content (AvgIpc) is 3.08. The van der Waals surface area contributed by atoms with Crippen LogP contribution >= 0.6 is 0 Å². The van der Waals surface area contributed by atoms with Crippen molar-refractivity contribution in [1.82, 2.24) is 4.90 Å². The molecule has 2 aliphatic carbocycles. The van der Waals surface area contributed by atoms with E-state index in [1.807, 2.05) is 0 Å². The molecule has 2 saturated carbocycles. The molecule has 4 heteroatoms. The van der Waals surface area contributed by atoms with Crippen molar-refractivity contribution in [3.63, 3.8) is 0 Å². The van der Waals surface area contributed by atoms with Crippen molar-refractivity contribution >= 4 is 11.8 Å². The van der Waals surface area contributed by atoms with Crippen molar-refractivity contribution in [1.29, 1.82) is 0 Å². The summed E-state index contributed by atoms with van der Waals surface area (Å²) in [6.07, 6.45) is 11.0. The number of carbonyl (C=O) groups is 1. The number of esters is 1. The van der Waals surface area contributed by atoms with E-state index in [-0.39, 0.29) is 18.0 Å². The Bertz CT molecular complexity index is 541. The van der Waals surface area contributed by atoms with Gasteiger partial charge in [0.2, 0.25) is 0 Å². The number of aliphatic imine (C=N–C) groups is 1. The molecule has 3 fully saturated rings. The SMILES string of the molecule is C[C@@H]1OC(=O)C2CC3CCCCC3[C@@H](/C=C/C3=NCCN3C)C21. The Balaban J connectivity index is 1.62. The molecule has 0 spiro atoms. The highest BCUT2D eigenvalue weighted by atomic mass is 16.6. The lowest BCUT2D eigenvalue weighted by molar-refractivity contribution is -0.144. The van der Waals surface area contributed by atoms with Crippen molar-refractivity contribution in [2.24, 2.45) is 34.6 Å². The second kappa shape index (κ2) is 5.95. The van der Waals surface area contributed by atoms with Gasteiger partial charge in [0, 0.05) is 19.5 Å². The molecule has 4 rings (SSSR count). The van der Waals surface area contributed by atoms with E-state index in [2.05, 4.69) is 36.0 Å². The molecule has 0 aromatic rings. The summed E-state index contributed by atoms with van der Waals surface area (Å²) in [6, 6.07) is 0. The number of hydrogen-bond acceptors (Lipinski definition) is 4. The summed E-state index contributed by atoms with van der Waals surface area (Å²) in [5.41, 5.74) is 0. The summed E-state index contributed by atoms with van der Waals surface area (Å²) in [7, 11) is 2.11. The number of cyclic esters (lactones) is 1. The summed E-state index contributed by atoms with van der Waals surface area (Å²) in [6.45, 7) is 4.00. The molecular weight excluding hydrogens is 288 g/mol. The Kier molecular flexibility index (Phi) is 3.94. The van der Waals surface area contributed by atoms with Crippen molar-refractivity contribution in [2.75, 3.05) is 20.1 Å². The maximum atomic E-state index is 12.3. The Labute approximate surface area is 139 Å². The Morgan fingerprint density at radius 2 is 2.13 bits per heavy atom. The number of fused-ring (bicyclic) bond motifs is 2. The zero-order valence-corrected chi connectivity index (χ0v) is 14.3. The smallest absolute Gasteiger partial charge is 0.309 e. The molecule has 0 aromatic heterocycles. The number of amidine groups is 1. The lowest BCUT2D eigenvalue weighted by Gasteiger charge is -2.45. The highest BCUT2D eigenvalue weighted by Crippen LogP contribution is 2.53. The summed E-state index contributed by atoms with van der Waals surface area (Å²) in [4.78, 5) is 19.1. The van der Waals surface area contributed by atoms with Crippen LogP contribution in [0.15, 0.2) is 17.1 Å². The minimum absolute atomic E-state index is 0.0558. The topological polar surface area (TPSA) is 41.9 Å². The Morgan fingerprint density at radius 3 is 2.91 bits per heavy atom. The van der Waals surface area contributed by atoms with E-state index in [0.717, 1.165) is 31.3 Å². The molecule has 2 heterocycles. The lowest BCUT2D eigenvalue weighted by atomic mass is 9.57. The van der Waals surface area contributed by atoms with E-state index in [1.165, 1.54) is 25.7 Å². The van der Waals surface area contributed by atoms with Gasteiger partial charge in [0.15, 0.2) is 0 Å². The number of carbonyl (C=O) groups excluding carboxylic acids is 1. The van der Waals surface area contributed by atoms with Crippen LogP contribution in [0.1, 0.15) is 39.0 Å². The second-order valence-corrected chi connectivity index (χ2v) is 7.87. The zero-order chi connectivity index (χ0) is 16.0. The van der Waals surface area contributed by atoms with E-state index >= 15 is 0 Å². The second-order valence-electron chi connectivity index (χ2n) is 7.87. The molecule has 4 nitrogen and oxygen atoms in total. The molecule has 2 aliphatic heterocycles. The fraction of sp³-hybridized carbons (Fsp3) is 0.789. The van der Waals surface area contributed by atoms with E-state index in [9.17, 15) is 4.79 Å². The third-order valence-electron chi connectivity index (χ3n) is 6.64. The van der Waals surface area contributed by atoms with Crippen LogP contribution in [0.4, 0.5) is 0 Å². The van der Waals surface area contributed by atoms with Crippen LogP contribution in [0.2, 0.25) is 0 Å². The van der Waals surface area contributed by atoms with Gasteiger partial charge >= 0.3 is 5.97 Å². The molecule has 0 aromatic carbocycles. The quantitative estimate of drug-likeness (QED) is 0.736. The van der Waals surface area contributed by atoms with E-state index in [1.54, 1.807) is 0 Å². The van der Waals surface area contributed by atoms with E-state index in [0.29, 0.717) is 17.8 Å². The number of likely N-dealkylation sites (N-methyl/N-ethyl adjacent to an activating group) is 1. The monoisotopic (exact) mass is 316 g/mol. The van der Waals surface area contributed by atoms with Crippen molar-refractivity contribution in [2.45, 2.75) is 45.1 Å². The van der Waals surface area contributed by atoms with Crippen LogP contribution < -0.4 is 0 Å². The van der Waals surface area contributed by atoms with Crippen LogP contribution in [0, 0.1) is 29.6 Å². The Morgan fingerprint density at radius 1 is 1.30 bits per heavy atom. The number of nitrogens with zero attached hydrogens (tertiary/aromatic N) is 2. The molecule has 1 saturated heterocycles. The van der Waals surface area contributed by atoms with E-state index < -0.39 is 0 Å². The third kappa shape index (κ3) is 2.60.